The summed E-state index contributed by atoms with van der Waals surface area (Å²) in [6, 6.07) is 7.79. The lowest BCUT2D eigenvalue weighted by Crippen LogP contribution is -2.37. The van der Waals surface area contributed by atoms with Gasteiger partial charge in [0.1, 0.15) is 5.60 Å². The van der Waals surface area contributed by atoms with Crippen molar-refractivity contribution in [1.29, 1.82) is 0 Å². The maximum atomic E-state index is 12.2. The number of carbonyl (C=O) groups excluding carboxylic acids is 1. The molecule has 1 aromatic carbocycles. The molecule has 0 unspecified atom stereocenters. The Bertz CT molecular complexity index is 503. The standard InChI is InChI=1S/C17H26N2O3/c1-17(2,3)22-21-16(20)14-7-5-6-8-15(14)18-13-9-11-19(4)12-10-13/h5-8,13,18H,9-12H2,1-4H3. The third-order valence-corrected chi connectivity index (χ3v) is 3.59. The van der Waals surface area contributed by atoms with Gasteiger partial charge in [0.05, 0.1) is 5.56 Å². The lowest BCUT2D eigenvalue weighted by atomic mass is 10.0. The molecule has 0 saturated carbocycles. The van der Waals surface area contributed by atoms with Gasteiger partial charge in [0.2, 0.25) is 0 Å². The Morgan fingerprint density at radius 3 is 2.50 bits per heavy atom. The fraction of sp³-hybridized carbons (Fsp3) is 0.588. The highest BCUT2D eigenvalue weighted by atomic mass is 17.2. The molecule has 1 aromatic rings. The molecule has 1 N–H and O–H groups in total. The van der Waals surface area contributed by atoms with Crippen LogP contribution in [0, 0.1) is 0 Å². The van der Waals surface area contributed by atoms with Gasteiger partial charge < -0.3 is 10.2 Å². The number of nitrogens with zero attached hydrogens (tertiary/aromatic N) is 1. The third-order valence-electron chi connectivity index (χ3n) is 3.59. The number of hydrogen-bond donors (Lipinski definition) is 1. The third kappa shape index (κ3) is 5.00. The zero-order chi connectivity index (χ0) is 16.2. The van der Waals surface area contributed by atoms with Crippen molar-refractivity contribution >= 4 is 11.7 Å². The fourth-order valence-corrected chi connectivity index (χ4v) is 2.37. The molecular formula is C17H26N2O3. The Labute approximate surface area is 132 Å². The minimum absolute atomic E-state index is 0.383. The van der Waals surface area contributed by atoms with Crippen LogP contribution < -0.4 is 5.32 Å². The predicted octanol–water partition coefficient (Wildman–Crippen LogP) is 3.08. The SMILES string of the molecule is CN1CCC(Nc2ccccc2C(=O)OOC(C)(C)C)CC1. The number of benzene rings is 1. The van der Waals surface area contributed by atoms with E-state index in [-0.39, 0.29) is 0 Å². The zero-order valence-electron chi connectivity index (χ0n) is 13.9. The van der Waals surface area contributed by atoms with Crippen molar-refractivity contribution in [3.05, 3.63) is 29.8 Å². The van der Waals surface area contributed by atoms with Crippen LogP contribution in [0.3, 0.4) is 0 Å². The normalized spacial score (nSPS) is 17.3. The first-order valence-corrected chi connectivity index (χ1v) is 7.79. The Hall–Kier alpha value is -1.59. The Balaban J connectivity index is 2.01. The van der Waals surface area contributed by atoms with Crippen LogP contribution in [0.25, 0.3) is 0 Å². The monoisotopic (exact) mass is 306 g/mol. The van der Waals surface area contributed by atoms with Gasteiger partial charge in [-0.2, -0.15) is 4.89 Å². The van der Waals surface area contributed by atoms with Crippen molar-refractivity contribution in [1.82, 2.24) is 4.90 Å². The molecule has 0 amide bonds. The van der Waals surface area contributed by atoms with Gasteiger partial charge in [-0.3, -0.25) is 4.89 Å². The molecule has 1 aliphatic heterocycles. The van der Waals surface area contributed by atoms with Crippen LogP contribution in [0.4, 0.5) is 5.69 Å². The molecule has 0 atom stereocenters. The first kappa shape index (κ1) is 16.8. The lowest BCUT2D eigenvalue weighted by Gasteiger charge is -2.30. The van der Waals surface area contributed by atoms with E-state index in [0.29, 0.717) is 11.6 Å². The van der Waals surface area contributed by atoms with Crippen LogP contribution in [0.15, 0.2) is 24.3 Å². The second-order valence-corrected chi connectivity index (χ2v) is 6.83. The molecule has 0 radical (unpaired) electrons. The van der Waals surface area contributed by atoms with Gasteiger partial charge >= 0.3 is 5.97 Å². The number of nitrogens with one attached hydrogen (secondary N) is 1. The predicted molar refractivity (Wildman–Crippen MR) is 86.8 cm³/mol. The van der Waals surface area contributed by atoms with Crippen LogP contribution in [-0.2, 0) is 9.78 Å². The van der Waals surface area contributed by atoms with E-state index in [9.17, 15) is 4.79 Å². The van der Waals surface area contributed by atoms with E-state index < -0.39 is 11.6 Å². The molecule has 1 fully saturated rings. The van der Waals surface area contributed by atoms with Crippen LogP contribution in [0.2, 0.25) is 0 Å². The average molecular weight is 306 g/mol. The largest absolute Gasteiger partial charge is 0.382 e. The molecule has 1 heterocycles. The highest BCUT2D eigenvalue weighted by Gasteiger charge is 2.21. The molecule has 22 heavy (non-hydrogen) atoms. The summed E-state index contributed by atoms with van der Waals surface area (Å²) in [5, 5.41) is 3.47. The van der Waals surface area contributed by atoms with E-state index >= 15 is 0 Å². The van der Waals surface area contributed by atoms with Crippen molar-refractivity contribution in [2.45, 2.75) is 45.3 Å². The summed E-state index contributed by atoms with van der Waals surface area (Å²) in [7, 11) is 2.13. The second-order valence-electron chi connectivity index (χ2n) is 6.83. The summed E-state index contributed by atoms with van der Waals surface area (Å²) >= 11 is 0. The van der Waals surface area contributed by atoms with Crippen molar-refractivity contribution in [2.75, 3.05) is 25.5 Å². The van der Waals surface area contributed by atoms with Gasteiger partial charge in [-0.25, -0.2) is 4.79 Å². The van der Waals surface area contributed by atoms with Gasteiger partial charge in [-0.1, -0.05) is 12.1 Å². The fourth-order valence-electron chi connectivity index (χ4n) is 2.37. The molecule has 1 saturated heterocycles. The second kappa shape index (κ2) is 7.11. The highest BCUT2D eigenvalue weighted by molar-refractivity contribution is 5.95. The van der Waals surface area contributed by atoms with Gasteiger partial charge in [0.15, 0.2) is 0 Å². The summed E-state index contributed by atoms with van der Waals surface area (Å²) in [6.07, 6.45) is 2.14. The Morgan fingerprint density at radius 2 is 1.86 bits per heavy atom. The molecule has 5 nitrogen and oxygen atoms in total. The number of likely N-dealkylation sites (tertiary alicyclic amines) is 1. The van der Waals surface area contributed by atoms with E-state index in [1.807, 2.05) is 39.0 Å². The van der Waals surface area contributed by atoms with Gasteiger partial charge in [-0.15, -0.1) is 0 Å². The van der Waals surface area contributed by atoms with Crippen molar-refractivity contribution < 1.29 is 14.6 Å². The Morgan fingerprint density at radius 1 is 1.23 bits per heavy atom. The maximum Gasteiger partial charge on any atom is 0.375 e. The molecule has 5 heteroatoms. The summed E-state index contributed by atoms with van der Waals surface area (Å²) in [4.78, 5) is 24.6. The van der Waals surface area contributed by atoms with Crippen LogP contribution in [0.5, 0.6) is 0 Å². The summed E-state index contributed by atoms with van der Waals surface area (Å²) in [6.45, 7) is 7.64. The van der Waals surface area contributed by atoms with Gasteiger partial charge in [0, 0.05) is 11.7 Å². The van der Waals surface area contributed by atoms with E-state index in [0.717, 1.165) is 31.6 Å². The maximum absolute atomic E-state index is 12.2. The van der Waals surface area contributed by atoms with Crippen molar-refractivity contribution in [2.24, 2.45) is 0 Å². The van der Waals surface area contributed by atoms with Crippen molar-refractivity contribution in [3.63, 3.8) is 0 Å². The molecule has 0 aromatic heterocycles. The Kier molecular flexibility index (Phi) is 5.42. The highest BCUT2D eigenvalue weighted by Crippen LogP contribution is 2.21. The molecule has 2 rings (SSSR count). The number of carbonyl (C=O) groups is 1. The van der Waals surface area contributed by atoms with E-state index in [1.54, 1.807) is 6.07 Å². The minimum atomic E-state index is -0.522. The lowest BCUT2D eigenvalue weighted by molar-refractivity contribution is -0.301. The summed E-state index contributed by atoms with van der Waals surface area (Å²) < 4.78 is 0. The quantitative estimate of drug-likeness (QED) is 0.684. The van der Waals surface area contributed by atoms with Crippen LogP contribution in [0.1, 0.15) is 44.0 Å². The molecule has 1 aliphatic rings. The molecular weight excluding hydrogens is 280 g/mol. The molecule has 0 aliphatic carbocycles. The number of rotatable bonds is 4. The molecule has 0 bridgehead atoms. The first-order chi connectivity index (χ1) is 10.3. The van der Waals surface area contributed by atoms with Crippen LogP contribution in [-0.4, -0.2) is 42.6 Å². The summed E-state index contributed by atoms with van der Waals surface area (Å²) in [5.41, 5.74) is 0.789. The van der Waals surface area contributed by atoms with E-state index in [1.165, 1.54) is 0 Å². The van der Waals surface area contributed by atoms with Gasteiger partial charge in [0.25, 0.3) is 0 Å². The summed E-state index contributed by atoms with van der Waals surface area (Å²) in [5.74, 6) is -0.467. The van der Waals surface area contributed by atoms with E-state index in [4.69, 9.17) is 9.78 Å². The average Bonchev–Trinajstić information content (AvgIpc) is 2.47. The van der Waals surface area contributed by atoms with E-state index in [2.05, 4.69) is 17.3 Å². The number of piperidine rings is 1. The van der Waals surface area contributed by atoms with Crippen molar-refractivity contribution in [3.8, 4) is 0 Å². The molecule has 0 spiro atoms. The first-order valence-electron chi connectivity index (χ1n) is 7.79. The number of hydrogen-bond acceptors (Lipinski definition) is 5. The smallest absolute Gasteiger partial charge is 0.375 e. The minimum Gasteiger partial charge on any atom is -0.382 e. The number of para-hydroxylation sites is 1. The topological polar surface area (TPSA) is 50.8 Å². The van der Waals surface area contributed by atoms with Gasteiger partial charge in [-0.05, 0) is 65.9 Å². The zero-order valence-corrected chi connectivity index (χ0v) is 13.9. The number of anilines is 1. The van der Waals surface area contributed by atoms with Crippen LogP contribution >= 0.6 is 0 Å². The molecule has 122 valence electrons.